The lowest BCUT2D eigenvalue weighted by atomic mass is 9.56. The van der Waals surface area contributed by atoms with Gasteiger partial charge in [-0.3, -0.25) is 4.79 Å². The first-order valence-corrected chi connectivity index (χ1v) is 7.10. The van der Waals surface area contributed by atoms with Crippen LogP contribution in [-0.4, -0.2) is 22.1 Å². The highest BCUT2D eigenvalue weighted by Crippen LogP contribution is 2.56. The Morgan fingerprint density at radius 3 is 2.07 bits per heavy atom. The zero-order valence-electron chi connectivity index (χ0n) is 8.89. The van der Waals surface area contributed by atoms with Gasteiger partial charge in [0, 0.05) is 5.25 Å². The Balaban J connectivity index is 1.67. The second-order valence-electron chi connectivity index (χ2n) is 5.60. The average molecular weight is 226 g/mol. The van der Waals surface area contributed by atoms with Crippen LogP contribution in [-0.2, 0) is 4.79 Å². The molecule has 0 saturated heterocycles. The van der Waals surface area contributed by atoms with E-state index in [0.717, 1.165) is 23.7 Å². The molecule has 1 N–H and O–H groups in total. The molecule has 4 aliphatic rings. The van der Waals surface area contributed by atoms with Gasteiger partial charge in [0.1, 0.15) is 0 Å². The minimum atomic E-state index is -0.645. The zero-order chi connectivity index (χ0) is 10.4. The Bertz CT molecular complexity index is 249. The van der Waals surface area contributed by atoms with Gasteiger partial charge in [-0.1, -0.05) is 0 Å². The lowest BCUT2D eigenvalue weighted by Crippen LogP contribution is -2.47. The lowest BCUT2D eigenvalue weighted by molar-refractivity contribution is -0.133. The predicted molar refractivity (Wildman–Crippen MR) is 60.9 cm³/mol. The van der Waals surface area contributed by atoms with Gasteiger partial charge in [-0.15, -0.1) is 11.8 Å². The van der Waals surface area contributed by atoms with Gasteiger partial charge in [0.05, 0.1) is 5.75 Å². The molecule has 3 heteroatoms. The average Bonchev–Trinajstić information content (AvgIpc) is 2.14. The number of rotatable bonds is 3. The summed E-state index contributed by atoms with van der Waals surface area (Å²) in [6, 6.07) is 0. The smallest absolute Gasteiger partial charge is 0.313 e. The minimum Gasteiger partial charge on any atom is -0.481 e. The number of thioether (sulfide) groups is 1. The molecule has 0 spiro atoms. The number of hydrogen-bond donors (Lipinski definition) is 1. The van der Waals surface area contributed by atoms with Gasteiger partial charge in [-0.2, -0.15) is 0 Å². The van der Waals surface area contributed by atoms with Crippen LogP contribution in [0, 0.1) is 23.7 Å². The van der Waals surface area contributed by atoms with Gasteiger partial charge >= 0.3 is 5.97 Å². The summed E-state index contributed by atoms with van der Waals surface area (Å²) in [5, 5.41) is 9.42. The molecule has 0 aromatic heterocycles. The second-order valence-corrected chi connectivity index (χ2v) is 6.77. The summed E-state index contributed by atoms with van der Waals surface area (Å²) < 4.78 is 0. The van der Waals surface area contributed by atoms with Gasteiger partial charge in [0.2, 0.25) is 0 Å². The minimum absolute atomic E-state index is 0.312. The first-order chi connectivity index (χ1) is 7.22. The largest absolute Gasteiger partial charge is 0.481 e. The summed E-state index contributed by atoms with van der Waals surface area (Å²) in [5.74, 6) is 3.36. The molecule has 4 fully saturated rings. The molecule has 0 heterocycles. The Kier molecular flexibility index (Phi) is 2.46. The van der Waals surface area contributed by atoms with E-state index in [0.29, 0.717) is 11.0 Å². The van der Waals surface area contributed by atoms with E-state index in [9.17, 15) is 4.79 Å². The molecule has 84 valence electrons. The van der Waals surface area contributed by atoms with Gasteiger partial charge in [0.15, 0.2) is 0 Å². The van der Waals surface area contributed by atoms with Crippen LogP contribution in [0.15, 0.2) is 0 Å². The van der Waals surface area contributed by atoms with Gasteiger partial charge in [-0.25, -0.2) is 0 Å². The molecule has 0 unspecified atom stereocenters. The Labute approximate surface area is 94.8 Å². The highest BCUT2D eigenvalue weighted by molar-refractivity contribution is 8.00. The molecule has 0 amide bonds. The molecule has 0 aromatic rings. The van der Waals surface area contributed by atoms with Crippen LogP contribution in [0.4, 0.5) is 0 Å². The maximum Gasteiger partial charge on any atom is 0.313 e. The monoisotopic (exact) mass is 226 g/mol. The number of carboxylic acid groups (broad SMARTS) is 1. The second kappa shape index (κ2) is 3.69. The molecular weight excluding hydrogens is 208 g/mol. The Hall–Kier alpha value is -0.180. The third kappa shape index (κ3) is 1.79. The van der Waals surface area contributed by atoms with E-state index in [1.807, 2.05) is 0 Å². The molecular formula is C12H18O2S. The predicted octanol–water partition coefficient (Wildman–Crippen LogP) is 2.63. The molecule has 4 bridgehead atoms. The molecule has 0 aliphatic heterocycles. The van der Waals surface area contributed by atoms with Crippen molar-refractivity contribution in [1.82, 2.24) is 0 Å². The van der Waals surface area contributed by atoms with Crippen molar-refractivity contribution in [1.29, 1.82) is 0 Å². The van der Waals surface area contributed by atoms with Crippen molar-refractivity contribution < 1.29 is 9.90 Å². The standard InChI is InChI=1S/C12H18O2S/c13-11(14)6-15-12-9-2-7-1-8(4-9)5-10(12)3-7/h7-10,12H,1-6H2,(H,13,14). The molecule has 2 nitrogen and oxygen atoms in total. The molecule has 0 aromatic carbocycles. The van der Waals surface area contributed by atoms with Crippen LogP contribution in [0.3, 0.4) is 0 Å². The summed E-state index contributed by atoms with van der Waals surface area (Å²) in [7, 11) is 0. The maximum absolute atomic E-state index is 10.6. The summed E-state index contributed by atoms with van der Waals surface area (Å²) in [6.45, 7) is 0. The number of hydrogen-bond acceptors (Lipinski definition) is 2. The van der Waals surface area contributed by atoms with Crippen molar-refractivity contribution >= 4 is 17.7 Å². The molecule has 0 atom stereocenters. The quantitative estimate of drug-likeness (QED) is 0.804. The van der Waals surface area contributed by atoms with E-state index in [1.54, 1.807) is 11.8 Å². The highest BCUT2D eigenvalue weighted by atomic mass is 32.2. The van der Waals surface area contributed by atoms with Crippen LogP contribution in [0.5, 0.6) is 0 Å². The van der Waals surface area contributed by atoms with E-state index in [1.165, 1.54) is 32.1 Å². The molecule has 4 aliphatic carbocycles. The number of carbonyl (C=O) groups is 1. The normalized spacial score (nSPS) is 47.1. The van der Waals surface area contributed by atoms with Gasteiger partial charge in [-0.05, 0) is 55.8 Å². The molecule has 4 rings (SSSR count). The van der Waals surface area contributed by atoms with E-state index < -0.39 is 5.97 Å². The van der Waals surface area contributed by atoms with Gasteiger partial charge in [0.25, 0.3) is 0 Å². The van der Waals surface area contributed by atoms with Crippen LogP contribution >= 0.6 is 11.8 Å². The van der Waals surface area contributed by atoms with Crippen molar-refractivity contribution in [3.63, 3.8) is 0 Å². The van der Waals surface area contributed by atoms with Crippen LogP contribution in [0.2, 0.25) is 0 Å². The maximum atomic E-state index is 10.6. The lowest BCUT2D eigenvalue weighted by Gasteiger charge is -2.54. The van der Waals surface area contributed by atoms with Crippen molar-refractivity contribution in [2.45, 2.75) is 37.4 Å². The fraction of sp³-hybridized carbons (Fsp3) is 0.917. The Morgan fingerprint density at radius 2 is 1.60 bits per heavy atom. The van der Waals surface area contributed by atoms with Crippen molar-refractivity contribution in [2.75, 3.05) is 5.75 Å². The van der Waals surface area contributed by atoms with Crippen molar-refractivity contribution in [2.24, 2.45) is 23.7 Å². The third-order valence-corrected chi connectivity index (χ3v) is 6.11. The summed E-state index contributed by atoms with van der Waals surface area (Å²) in [4.78, 5) is 10.6. The van der Waals surface area contributed by atoms with Crippen molar-refractivity contribution in [3.8, 4) is 0 Å². The molecule has 0 radical (unpaired) electrons. The summed E-state index contributed by atoms with van der Waals surface area (Å²) >= 11 is 1.72. The summed E-state index contributed by atoms with van der Waals surface area (Å²) in [6.07, 6.45) is 7.05. The van der Waals surface area contributed by atoms with Crippen LogP contribution in [0.25, 0.3) is 0 Å². The molecule has 15 heavy (non-hydrogen) atoms. The van der Waals surface area contributed by atoms with E-state index in [4.69, 9.17) is 5.11 Å². The van der Waals surface area contributed by atoms with Crippen LogP contribution in [0.1, 0.15) is 32.1 Å². The fourth-order valence-electron chi connectivity index (χ4n) is 4.31. The van der Waals surface area contributed by atoms with Gasteiger partial charge < -0.3 is 5.11 Å². The number of carboxylic acids is 1. The van der Waals surface area contributed by atoms with Crippen LogP contribution < -0.4 is 0 Å². The highest BCUT2D eigenvalue weighted by Gasteiger charge is 2.48. The molecule has 4 saturated carbocycles. The third-order valence-electron chi connectivity index (χ3n) is 4.54. The SMILES string of the molecule is O=C(O)CSC1C2CC3CC(C2)CC1C3. The topological polar surface area (TPSA) is 37.3 Å². The van der Waals surface area contributed by atoms with E-state index in [2.05, 4.69) is 0 Å². The fourth-order valence-corrected chi connectivity index (χ4v) is 5.64. The summed E-state index contributed by atoms with van der Waals surface area (Å²) in [5.41, 5.74) is 0. The Morgan fingerprint density at radius 1 is 1.07 bits per heavy atom. The first kappa shape index (κ1) is 10.0. The zero-order valence-corrected chi connectivity index (χ0v) is 9.71. The van der Waals surface area contributed by atoms with Crippen molar-refractivity contribution in [3.05, 3.63) is 0 Å². The number of aliphatic carboxylic acids is 1. The first-order valence-electron chi connectivity index (χ1n) is 6.05. The van der Waals surface area contributed by atoms with E-state index in [-0.39, 0.29) is 0 Å². The van der Waals surface area contributed by atoms with E-state index >= 15 is 0 Å².